The molecule has 2 aliphatic rings. The van der Waals surface area contributed by atoms with Gasteiger partial charge in [0, 0.05) is 38.3 Å². The molecule has 1 heterocycles. The Hall–Kier alpha value is -0.120. The van der Waals surface area contributed by atoms with Gasteiger partial charge >= 0.3 is 0 Å². The minimum absolute atomic E-state index is 0.00472. The predicted octanol–water partition coefficient (Wildman–Crippen LogP) is 3.04. The van der Waals surface area contributed by atoms with E-state index in [4.69, 9.17) is 4.74 Å². The zero-order valence-corrected chi connectivity index (χ0v) is 14.2. The van der Waals surface area contributed by atoms with E-state index in [0.29, 0.717) is 17.5 Å². The lowest BCUT2D eigenvalue weighted by atomic mass is 9.88. The SMILES string of the molecule is COC(C)(C)CCN1CC2(CCCC2)NCC1C(C)C. The highest BCUT2D eigenvalue weighted by atomic mass is 16.5. The van der Waals surface area contributed by atoms with Gasteiger partial charge in [0.2, 0.25) is 0 Å². The number of hydrogen-bond donors (Lipinski definition) is 1. The van der Waals surface area contributed by atoms with Crippen LogP contribution in [0.2, 0.25) is 0 Å². The molecule has 0 aromatic carbocycles. The average molecular weight is 282 g/mol. The van der Waals surface area contributed by atoms with Crippen LogP contribution in [0.4, 0.5) is 0 Å². The van der Waals surface area contributed by atoms with Crippen LogP contribution in [0, 0.1) is 5.92 Å². The topological polar surface area (TPSA) is 24.5 Å². The lowest BCUT2D eigenvalue weighted by Crippen LogP contribution is -2.64. The Labute approximate surface area is 125 Å². The number of rotatable bonds is 5. The third-order valence-electron chi connectivity index (χ3n) is 5.54. The molecule has 1 saturated carbocycles. The van der Waals surface area contributed by atoms with Crippen LogP contribution in [0.3, 0.4) is 0 Å². The summed E-state index contributed by atoms with van der Waals surface area (Å²) >= 11 is 0. The Morgan fingerprint density at radius 3 is 2.50 bits per heavy atom. The predicted molar refractivity (Wildman–Crippen MR) is 85.1 cm³/mol. The molecule has 3 heteroatoms. The van der Waals surface area contributed by atoms with E-state index in [9.17, 15) is 0 Å². The van der Waals surface area contributed by atoms with Crippen molar-refractivity contribution in [2.24, 2.45) is 5.92 Å². The van der Waals surface area contributed by atoms with Crippen molar-refractivity contribution < 1.29 is 4.74 Å². The maximum absolute atomic E-state index is 5.60. The quantitative estimate of drug-likeness (QED) is 0.839. The summed E-state index contributed by atoms with van der Waals surface area (Å²) in [5.74, 6) is 0.715. The highest BCUT2D eigenvalue weighted by Crippen LogP contribution is 2.34. The molecular weight excluding hydrogens is 248 g/mol. The molecule has 0 aromatic heterocycles. The summed E-state index contributed by atoms with van der Waals surface area (Å²) in [7, 11) is 1.83. The molecule has 1 aliphatic carbocycles. The van der Waals surface area contributed by atoms with Gasteiger partial charge in [-0.1, -0.05) is 26.7 Å². The highest BCUT2D eigenvalue weighted by Gasteiger charge is 2.41. The molecule has 0 radical (unpaired) electrons. The molecule has 2 rings (SSSR count). The van der Waals surface area contributed by atoms with E-state index in [1.807, 2.05) is 7.11 Å². The highest BCUT2D eigenvalue weighted by molar-refractivity contribution is 5.01. The summed E-state index contributed by atoms with van der Waals surface area (Å²) in [5.41, 5.74) is 0.415. The lowest BCUT2D eigenvalue weighted by Gasteiger charge is -2.48. The van der Waals surface area contributed by atoms with Crippen molar-refractivity contribution in [1.29, 1.82) is 0 Å². The van der Waals surface area contributed by atoms with E-state index in [2.05, 4.69) is 37.9 Å². The van der Waals surface area contributed by atoms with Gasteiger partial charge in [-0.2, -0.15) is 0 Å². The first-order valence-electron chi connectivity index (χ1n) is 8.42. The monoisotopic (exact) mass is 282 g/mol. The molecule has 20 heavy (non-hydrogen) atoms. The molecule has 3 nitrogen and oxygen atoms in total. The van der Waals surface area contributed by atoms with Gasteiger partial charge in [0.15, 0.2) is 0 Å². The van der Waals surface area contributed by atoms with E-state index in [1.54, 1.807) is 0 Å². The first-order chi connectivity index (χ1) is 9.37. The Morgan fingerprint density at radius 2 is 1.95 bits per heavy atom. The number of nitrogens with zero attached hydrogens (tertiary/aromatic N) is 1. The number of hydrogen-bond acceptors (Lipinski definition) is 3. The smallest absolute Gasteiger partial charge is 0.0634 e. The summed E-state index contributed by atoms with van der Waals surface area (Å²) in [6, 6.07) is 0.675. The van der Waals surface area contributed by atoms with Crippen molar-refractivity contribution in [3.63, 3.8) is 0 Å². The molecular formula is C17H34N2O. The molecule has 118 valence electrons. The van der Waals surface area contributed by atoms with E-state index >= 15 is 0 Å². The van der Waals surface area contributed by atoms with Gasteiger partial charge in [-0.05, 0) is 39.0 Å². The van der Waals surface area contributed by atoms with Gasteiger partial charge in [-0.25, -0.2) is 0 Å². The maximum atomic E-state index is 5.60. The number of ether oxygens (including phenoxy) is 1. The molecule has 0 amide bonds. The molecule has 1 N–H and O–H groups in total. The largest absolute Gasteiger partial charge is 0.379 e. The molecule has 1 aliphatic heterocycles. The fraction of sp³-hybridized carbons (Fsp3) is 1.00. The molecule has 2 fully saturated rings. The van der Waals surface area contributed by atoms with Crippen LogP contribution in [-0.4, -0.2) is 48.8 Å². The zero-order chi connectivity index (χ0) is 14.8. The fourth-order valence-electron chi connectivity index (χ4n) is 3.82. The lowest BCUT2D eigenvalue weighted by molar-refractivity contribution is -0.0107. The minimum Gasteiger partial charge on any atom is -0.379 e. The van der Waals surface area contributed by atoms with Crippen LogP contribution in [0.1, 0.15) is 59.8 Å². The molecule has 0 bridgehead atoms. The van der Waals surface area contributed by atoms with Crippen LogP contribution in [-0.2, 0) is 4.74 Å². The van der Waals surface area contributed by atoms with Crippen LogP contribution in [0.25, 0.3) is 0 Å². The third kappa shape index (κ3) is 3.75. The fourth-order valence-corrected chi connectivity index (χ4v) is 3.82. The zero-order valence-electron chi connectivity index (χ0n) is 14.2. The minimum atomic E-state index is -0.00472. The summed E-state index contributed by atoms with van der Waals surface area (Å²) in [5, 5.41) is 3.89. The molecule has 1 spiro atoms. The van der Waals surface area contributed by atoms with E-state index < -0.39 is 0 Å². The summed E-state index contributed by atoms with van der Waals surface area (Å²) < 4.78 is 5.60. The van der Waals surface area contributed by atoms with Crippen LogP contribution in [0.15, 0.2) is 0 Å². The number of nitrogens with one attached hydrogen (secondary N) is 1. The van der Waals surface area contributed by atoms with Crippen molar-refractivity contribution in [2.75, 3.05) is 26.7 Å². The van der Waals surface area contributed by atoms with Crippen LogP contribution in [0.5, 0.6) is 0 Å². The van der Waals surface area contributed by atoms with Crippen molar-refractivity contribution in [3.8, 4) is 0 Å². The van der Waals surface area contributed by atoms with Gasteiger partial charge < -0.3 is 10.1 Å². The number of methoxy groups -OCH3 is 1. The Kier molecular flexibility index (Phi) is 5.14. The van der Waals surface area contributed by atoms with Gasteiger partial charge in [-0.3, -0.25) is 4.90 Å². The second-order valence-corrected chi connectivity index (χ2v) is 7.86. The van der Waals surface area contributed by atoms with Gasteiger partial charge in [0.25, 0.3) is 0 Å². The second kappa shape index (κ2) is 6.33. The summed E-state index contributed by atoms with van der Waals surface area (Å²) in [6.07, 6.45) is 6.64. The second-order valence-electron chi connectivity index (χ2n) is 7.86. The van der Waals surface area contributed by atoms with Gasteiger partial charge in [0.05, 0.1) is 5.60 Å². The van der Waals surface area contributed by atoms with Crippen LogP contribution < -0.4 is 5.32 Å². The Bertz CT molecular complexity index is 308. The first kappa shape index (κ1) is 16.3. The first-order valence-corrected chi connectivity index (χ1v) is 8.42. The third-order valence-corrected chi connectivity index (χ3v) is 5.54. The Balaban J connectivity index is 1.99. The molecule has 1 saturated heterocycles. The molecule has 0 aromatic rings. The number of piperazine rings is 1. The van der Waals surface area contributed by atoms with Crippen LogP contribution >= 0.6 is 0 Å². The standard InChI is InChI=1S/C17H34N2O/c1-14(2)15-12-18-17(8-6-7-9-17)13-19(15)11-10-16(3,4)20-5/h14-15,18H,6-13H2,1-5H3. The van der Waals surface area contributed by atoms with E-state index in [-0.39, 0.29) is 5.60 Å². The maximum Gasteiger partial charge on any atom is 0.0634 e. The van der Waals surface area contributed by atoms with Crippen molar-refractivity contribution in [3.05, 3.63) is 0 Å². The van der Waals surface area contributed by atoms with Crippen molar-refractivity contribution in [2.45, 2.75) is 77.0 Å². The van der Waals surface area contributed by atoms with Crippen molar-refractivity contribution in [1.82, 2.24) is 10.2 Å². The van der Waals surface area contributed by atoms with Crippen molar-refractivity contribution >= 4 is 0 Å². The normalized spacial score (nSPS) is 27.6. The Morgan fingerprint density at radius 1 is 1.30 bits per heavy atom. The van der Waals surface area contributed by atoms with Gasteiger partial charge in [0.1, 0.15) is 0 Å². The molecule has 1 unspecified atom stereocenters. The van der Waals surface area contributed by atoms with E-state index in [0.717, 1.165) is 19.5 Å². The van der Waals surface area contributed by atoms with E-state index in [1.165, 1.54) is 32.2 Å². The average Bonchev–Trinajstić information content (AvgIpc) is 2.84. The van der Waals surface area contributed by atoms with Gasteiger partial charge in [-0.15, -0.1) is 0 Å². The summed E-state index contributed by atoms with van der Waals surface area (Å²) in [6.45, 7) is 12.7. The molecule has 1 atom stereocenters. The summed E-state index contributed by atoms with van der Waals surface area (Å²) in [4.78, 5) is 2.74.